The van der Waals surface area contributed by atoms with Crippen LogP contribution in [-0.2, 0) is 15.6 Å². The summed E-state index contributed by atoms with van der Waals surface area (Å²) < 4.78 is 0. The van der Waals surface area contributed by atoms with Gasteiger partial charge in [-0.2, -0.15) is 0 Å². The fourth-order valence-corrected chi connectivity index (χ4v) is 4.84. The van der Waals surface area contributed by atoms with Gasteiger partial charge in [0.15, 0.2) is 0 Å². The second-order valence-electron chi connectivity index (χ2n) is 9.97. The lowest BCUT2D eigenvalue weighted by atomic mass is 9.62. The maximum atomic E-state index is 12.4. The minimum atomic E-state index is -0.978. The molecule has 1 aliphatic carbocycles. The van der Waals surface area contributed by atoms with E-state index >= 15 is 0 Å². The van der Waals surface area contributed by atoms with Crippen molar-refractivity contribution in [1.29, 1.82) is 0 Å². The number of carbonyl (C=O) groups is 2. The highest BCUT2D eigenvalue weighted by Gasteiger charge is 2.37. The SMILES string of the molecule is CC1(C)CCC(C)(C)c2cc(C(C(=O)O)c3ccc4cc(C(=O)O)ccc4c3)ccc21. The van der Waals surface area contributed by atoms with Crippen molar-refractivity contribution in [2.75, 3.05) is 0 Å². The highest BCUT2D eigenvalue weighted by molar-refractivity contribution is 5.95. The number of aromatic carboxylic acids is 1. The van der Waals surface area contributed by atoms with E-state index in [0.717, 1.165) is 29.2 Å². The van der Waals surface area contributed by atoms with E-state index in [-0.39, 0.29) is 16.4 Å². The van der Waals surface area contributed by atoms with Crippen LogP contribution in [0.25, 0.3) is 10.8 Å². The van der Waals surface area contributed by atoms with Crippen molar-refractivity contribution in [2.24, 2.45) is 0 Å². The summed E-state index contributed by atoms with van der Waals surface area (Å²) in [7, 11) is 0. The largest absolute Gasteiger partial charge is 0.481 e. The molecule has 2 N–H and O–H groups in total. The first kappa shape index (κ1) is 21.1. The molecule has 4 nitrogen and oxygen atoms in total. The highest BCUT2D eigenvalue weighted by Crippen LogP contribution is 2.46. The fourth-order valence-electron chi connectivity index (χ4n) is 4.84. The summed E-state index contributed by atoms with van der Waals surface area (Å²) in [6.45, 7) is 8.97. The van der Waals surface area contributed by atoms with Crippen molar-refractivity contribution < 1.29 is 19.8 Å². The van der Waals surface area contributed by atoms with Gasteiger partial charge in [-0.3, -0.25) is 4.79 Å². The highest BCUT2D eigenvalue weighted by atomic mass is 16.4. The summed E-state index contributed by atoms with van der Waals surface area (Å²) in [5, 5.41) is 20.9. The molecule has 1 unspecified atom stereocenters. The molecule has 0 heterocycles. The van der Waals surface area contributed by atoms with E-state index in [1.165, 1.54) is 11.1 Å². The van der Waals surface area contributed by atoms with E-state index in [0.29, 0.717) is 5.56 Å². The van der Waals surface area contributed by atoms with Crippen molar-refractivity contribution in [3.63, 3.8) is 0 Å². The van der Waals surface area contributed by atoms with Crippen LogP contribution in [0.2, 0.25) is 0 Å². The van der Waals surface area contributed by atoms with Gasteiger partial charge in [-0.05, 0) is 74.9 Å². The maximum Gasteiger partial charge on any atom is 0.335 e. The van der Waals surface area contributed by atoms with Gasteiger partial charge in [-0.1, -0.05) is 64.1 Å². The first-order valence-corrected chi connectivity index (χ1v) is 10.6. The molecule has 0 saturated heterocycles. The third kappa shape index (κ3) is 3.71. The van der Waals surface area contributed by atoms with E-state index in [2.05, 4.69) is 39.8 Å². The zero-order chi connectivity index (χ0) is 22.6. The van der Waals surface area contributed by atoms with E-state index in [1.807, 2.05) is 12.1 Å². The standard InChI is InChI=1S/C27H28O4/c1-26(2)11-12-27(3,4)22-15-19(9-10-21(22)26)23(25(30)31)18-7-5-17-14-20(24(28)29)8-6-16(17)13-18/h5-10,13-15,23H,11-12H2,1-4H3,(H,28,29)(H,30,31). The molecule has 160 valence electrons. The second kappa shape index (κ2) is 7.23. The van der Waals surface area contributed by atoms with E-state index in [1.54, 1.807) is 30.3 Å². The van der Waals surface area contributed by atoms with Gasteiger partial charge in [0.1, 0.15) is 5.92 Å². The molecule has 4 rings (SSSR count). The summed E-state index contributed by atoms with van der Waals surface area (Å²) >= 11 is 0. The average molecular weight is 417 g/mol. The van der Waals surface area contributed by atoms with Crippen LogP contribution in [-0.4, -0.2) is 22.2 Å². The van der Waals surface area contributed by atoms with Gasteiger partial charge >= 0.3 is 11.9 Å². The molecule has 3 aromatic carbocycles. The van der Waals surface area contributed by atoms with Crippen LogP contribution in [0.15, 0.2) is 54.6 Å². The second-order valence-corrected chi connectivity index (χ2v) is 9.97. The first-order chi connectivity index (χ1) is 14.5. The number of carboxylic acid groups (broad SMARTS) is 2. The predicted molar refractivity (Wildman–Crippen MR) is 122 cm³/mol. The molecule has 0 bridgehead atoms. The van der Waals surface area contributed by atoms with Crippen molar-refractivity contribution in [1.82, 2.24) is 0 Å². The zero-order valence-electron chi connectivity index (χ0n) is 18.4. The molecule has 1 atom stereocenters. The van der Waals surface area contributed by atoms with Gasteiger partial charge in [-0.15, -0.1) is 0 Å². The van der Waals surface area contributed by atoms with Crippen molar-refractivity contribution in [2.45, 2.75) is 57.3 Å². The Kier molecular flexibility index (Phi) is 4.92. The monoisotopic (exact) mass is 416 g/mol. The van der Waals surface area contributed by atoms with Gasteiger partial charge in [-0.25, -0.2) is 4.79 Å². The first-order valence-electron chi connectivity index (χ1n) is 10.6. The summed E-state index contributed by atoms with van der Waals surface area (Å²) in [5.41, 5.74) is 4.30. The third-order valence-electron chi connectivity index (χ3n) is 6.90. The molecular formula is C27H28O4. The molecule has 3 aromatic rings. The molecular weight excluding hydrogens is 388 g/mol. The molecule has 1 aliphatic rings. The topological polar surface area (TPSA) is 74.6 Å². The van der Waals surface area contributed by atoms with Gasteiger partial charge in [0.25, 0.3) is 0 Å². The molecule has 0 aliphatic heterocycles. The third-order valence-corrected chi connectivity index (χ3v) is 6.90. The quantitative estimate of drug-likeness (QED) is 0.539. The van der Waals surface area contributed by atoms with Crippen molar-refractivity contribution in [3.05, 3.63) is 82.4 Å². The molecule has 0 saturated carbocycles. The summed E-state index contributed by atoms with van der Waals surface area (Å²) in [5.74, 6) is -2.65. The number of hydrogen-bond acceptors (Lipinski definition) is 2. The maximum absolute atomic E-state index is 12.4. The van der Waals surface area contributed by atoms with Crippen LogP contribution in [0.4, 0.5) is 0 Å². The van der Waals surface area contributed by atoms with Gasteiger partial charge in [0.2, 0.25) is 0 Å². The summed E-state index contributed by atoms with van der Waals surface area (Å²) in [6.07, 6.45) is 2.17. The lowest BCUT2D eigenvalue weighted by Crippen LogP contribution is -2.34. The minimum Gasteiger partial charge on any atom is -0.481 e. The molecule has 4 heteroatoms. The Bertz CT molecular complexity index is 1200. The van der Waals surface area contributed by atoms with Crippen LogP contribution in [0.5, 0.6) is 0 Å². The van der Waals surface area contributed by atoms with Crippen molar-refractivity contribution in [3.8, 4) is 0 Å². The molecule has 0 aromatic heterocycles. The van der Waals surface area contributed by atoms with E-state index in [4.69, 9.17) is 0 Å². The lowest BCUT2D eigenvalue weighted by molar-refractivity contribution is -0.137. The lowest BCUT2D eigenvalue weighted by Gasteiger charge is -2.42. The van der Waals surface area contributed by atoms with Crippen LogP contribution >= 0.6 is 0 Å². The number of rotatable bonds is 4. The Morgan fingerprint density at radius 1 is 0.742 bits per heavy atom. The predicted octanol–water partition coefficient (Wildman–Crippen LogP) is 6.10. The smallest absolute Gasteiger partial charge is 0.335 e. The number of carboxylic acids is 2. The number of benzene rings is 3. The normalized spacial score (nSPS) is 17.7. The molecule has 0 fully saturated rings. The summed E-state index contributed by atoms with van der Waals surface area (Å²) in [6, 6.07) is 16.5. The molecule has 0 spiro atoms. The van der Waals surface area contributed by atoms with Gasteiger partial charge < -0.3 is 10.2 Å². The van der Waals surface area contributed by atoms with Crippen LogP contribution < -0.4 is 0 Å². The van der Waals surface area contributed by atoms with Crippen molar-refractivity contribution >= 4 is 22.7 Å². The minimum absolute atomic E-state index is 0.000530. The fraction of sp³-hybridized carbons (Fsp3) is 0.333. The number of fused-ring (bicyclic) bond motifs is 2. The molecule has 0 amide bonds. The van der Waals surface area contributed by atoms with E-state index < -0.39 is 17.9 Å². The van der Waals surface area contributed by atoms with Crippen LogP contribution in [0.3, 0.4) is 0 Å². The Morgan fingerprint density at radius 2 is 1.29 bits per heavy atom. The molecule has 0 radical (unpaired) electrons. The van der Waals surface area contributed by atoms with Gasteiger partial charge in [0, 0.05) is 0 Å². The summed E-state index contributed by atoms with van der Waals surface area (Å²) in [4.78, 5) is 23.6. The average Bonchev–Trinajstić information content (AvgIpc) is 2.71. The number of hydrogen-bond donors (Lipinski definition) is 2. The Morgan fingerprint density at radius 3 is 1.94 bits per heavy atom. The molecule has 31 heavy (non-hydrogen) atoms. The Hall–Kier alpha value is -3.14. The van der Waals surface area contributed by atoms with Gasteiger partial charge in [0.05, 0.1) is 5.56 Å². The zero-order valence-corrected chi connectivity index (χ0v) is 18.4. The Balaban J connectivity index is 1.82. The Labute approximate surface area is 182 Å². The number of aliphatic carboxylic acids is 1. The van der Waals surface area contributed by atoms with Crippen LogP contribution in [0, 0.1) is 0 Å². The van der Waals surface area contributed by atoms with E-state index in [9.17, 15) is 19.8 Å². The van der Waals surface area contributed by atoms with Crippen LogP contribution in [0.1, 0.15) is 79.1 Å².